The van der Waals surface area contributed by atoms with E-state index in [-0.39, 0.29) is 6.61 Å². The number of ether oxygens (including phenoxy) is 10. The van der Waals surface area contributed by atoms with E-state index in [0.29, 0.717) is 97.2 Å². The molecule has 0 atom stereocenters. The third-order valence-corrected chi connectivity index (χ3v) is 9.63. The summed E-state index contributed by atoms with van der Waals surface area (Å²) < 4.78 is 58.6. The second-order valence-electron chi connectivity index (χ2n) is 15.0. The van der Waals surface area contributed by atoms with Gasteiger partial charge in [0.25, 0.3) is 0 Å². The van der Waals surface area contributed by atoms with Gasteiger partial charge in [0.05, 0.1) is 46.2 Å². The summed E-state index contributed by atoms with van der Waals surface area (Å²) in [6, 6.07) is 31.6. The molecule has 2 heterocycles. The highest BCUT2D eigenvalue weighted by molar-refractivity contribution is 5.97. The highest BCUT2D eigenvalue weighted by Crippen LogP contribution is 2.57. The van der Waals surface area contributed by atoms with Crippen LogP contribution in [0.2, 0.25) is 0 Å². The van der Waals surface area contributed by atoms with Crippen LogP contribution in [0.3, 0.4) is 0 Å². The zero-order chi connectivity index (χ0) is 42.1. The van der Waals surface area contributed by atoms with Crippen LogP contribution < -0.4 is 33.7 Å². The lowest BCUT2D eigenvalue weighted by molar-refractivity contribution is 0.0223. The number of amides is 1. The van der Waals surface area contributed by atoms with E-state index in [9.17, 15) is 9.59 Å². The van der Waals surface area contributed by atoms with Crippen molar-refractivity contribution in [3.05, 3.63) is 137 Å². The molecule has 7 rings (SSSR count). The maximum Gasteiger partial charge on any atom is 0.407 e. The molecule has 0 unspecified atom stereocenters. The second kappa shape index (κ2) is 18.6. The molecule has 13 heteroatoms. The first-order valence-corrected chi connectivity index (χ1v) is 19.7. The lowest BCUT2D eigenvalue weighted by atomic mass is 9.77. The molecule has 0 saturated carbocycles. The van der Waals surface area contributed by atoms with Gasteiger partial charge in [-0.15, -0.1) is 0 Å². The van der Waals surface area contributed by atoms with Crippen LogP contribution in [0.4, 0.5) is 4.79 Å². The monoisotopic (exact) mass is 819 g/mol. The molecule has 60 heavy (non-hydrogen) atoms. The third-order valence-electron chi connectivity index (χ3n) is 9.63. The summed E-state index contributed by atoms with van der Waals surface area (Å²) in [5, 5.41) is 2.65. The summed E-state index contributed by atoms with van der Waals surface area (Å²) in [5.41, 5.74) is 2.30. The van der Waals surface area contributed by atoms with Crippen LogP contribution in [0.25, 0.3) is 0 Å². The quantitative estimate of drug-likeness (QED) is 0.0672. The first-order valence-electron chi connectivity index (χ1n) is 19.7. The maximum absolute atomic E-state index is 13.7. The molecule has 0 aromatic heterocycles. The Hall–Kier alpha value is -6.44. The summed E-state index contributed by atoms with van der Waals surface area (Å²) in [6.45, 7) is 7.94. The summed E-state index contributed by atoms with van der Waals surface area (Å²) >= 11 is 0. The van der Waals surface area contributed by atoms with Gasteiger partial charge in [0, 0.05) is 35.4 Å². The van der Waals surface area contributed by atoms with Crippen LogP contribution in [0.1, 0.15) is 58.9 Å². The first kappa shape index (κ1) is 41.7. The fourth-order valence-corrected chi connectivity index (χ4v) is 6.79. The second-order valence-corrected chi connectivity index (χ2v) is 15.0. The minimum atomic E-state index is -1.36. The lowest BCUT2D eigenvalue weighted by Crippen LogP contribution is -2.34. The van der Waals surface area contributed by atoms with Crippen molar-refractivity contribution < 1.29 is 57.0 Å². The van der Waals surface area contributed by atoms with Crippen LogP contribution in [0, 0.1) is 0 Å². The molecule has 0 fully saturated rings. The highest BCUT2D eigenvalue weighted by Gasteiger charge is 2.54. The van der Waals surface area contributed by atoms with Crippen LogP contribution in [-0.2, 0) is 37.8 Å². The molecule has 5 aromatic rings. The molecular formula is C47H49NO12. The van der Waals surface area contributed by atoms with E-state index >= 15 is 0 Å². The highest BCUT2D eigenvalue weighted by atomic mass is 16.6. The Bertz CT molecular complexity index is 2170. The fraction of sp³-hybridized carbons (Fsp3) is 0.319. The molecule has 2 aliphatic rings. The van der Waals surface area contributed by atoms with Crippen molar-refractivity contribution in [3.63, 3.8) is 0 Å². The van der Waals surface area contributed by atoms with E-state index < -0.39 is 23.3 Å². The van der Waals surface area contributed by atoms with Gasteiger partial charge < -0.3 is 52.7 Å². The average molecular weight is 820 g/mol. The molecule has 1 spiro atoms. The Balaban J connectivity index is 1.06. The molecular weight excluding hydrogens is 771 g/mol. The fourth-order valence-electron chi connectivity index (χ4n) is 6.79. The molecule has 13 nitrogen and oxygen atoms in total. The van der Waals surface area contributed by atoms with Gasteiger partial charge in [0.2, 0.25) is 0 Å². The van der Waals surface area contributed by atoms with Gasteiger partial charge in [0.15, 0.2) is 5.60 Å². The smallest absolute Gasteiger partial charge is 0.407 e. The van der Waals surface area contributed by atoms with Gasteiger partial charge in [0.1, 0.15) is 65.7 Å². The van der Waals surface area contributed by atoms with E-state index in [1.54, 1.807) is 59.3 Å². The zero-order valence-corrected chi connectivity index (χ0v) is 34.4. The summed E-state index contributed by atoms with van der Waals surface area (Å²) in [4.78, 5) is 25.5. The average Bonchev–Trinajstić information content (AvgIpc) is 3.53. The Kier molecular flexibility index (Phi) is 13.0. The largest absolute Gasteiger partial charge is 0.497 e. The van der Waals surface area contributed by atoms with Crippen LogP contribution in [0.5, 0.6) is 40.2 Å². The minimum absolute atomic E-state index is 0.251. The normalized spacial score (nSPS) is 13.2. The van der Waals surface area contributed by atoms with Gasteiger partial charge in [-0.2, -0.15) is 0 Å². The Morgan fingerprint density at radius 2 is 1.10 bits per heavy atom. The number of carbonyl (C=O) groups is 2. The van der Waals surface area contributed by atoms with Crippen molar-refractivity contribution in [3.8, 4) is 40.2 Å². The molecule has 0 saturated heterocycles. The van der Waals surface area contributed by atoms with Crippen molar-refractivity contribution in [2.24, 2.45) is 0 Å². The Labute approximate surface area is 349 Å². The molecule has 1 amide bonds. The minimum Gasteiger partial charge on any atom is -0.497 e. The number of carbonyl (C=O) groups excluding carboxylic acids is 2. The van der Waals surface area contributed by atoms with E-state index in [2.05, 4.69) is 5.32 Å². The van der Waals surface area contributed by atoms with E-state index in [0.717, 1.165) is 22.6 Å². The summed E-state index contributed by atoms with van der Waals surface area (Å²) in [5.74, 6) is 3.65. The van der Waals surface area contributed by atoms with Crippen LogP contribution >= 0.6 is 0 Å². The standard InChI is InChI=1S/C47H49NO12/c1-46(2,3)60-45(50)48-20-21-53-22-23-54-24-25-55-35-14-17-38-41(26-35)47(59-44(38)49)39-18-15-36(56-29-31-6-10-33(51-4)11-7-31)27-42(39)58-43-28-37(16-19-40(43)47)57-30-32-8-12-34(52-5)13-9-32/h6-19,26-28H,20-25,29-30H2,1-5H3,(H,48,50). The number of rotatable bonds is 18. The van der Waals surface area contributed by atoms with Gasteiger partial charge in [-0.3, -0.25) is 0 Å². The van der Waals surface area contributed by atoms with E-state index in [4.69, 9.17) is 47.4 Å². The molecule has 2 aliphatic heterocycles. The summed E-state index contributed by atoms with van der Waals surface area (Å²) in [6.07, 6.45) is -0.487. The topological polar surface area (TPSA) is 138 Å². The third kappa shape index (κ3) is 9.87. The van der Waals surface area contributed by atoms with Crippen LogP contribution in [-0.4, -0.2) is 71.5 Å². The molecule has 1 N–H and O–H groups in total. The predicted molar refractivity (Wildman–Crippen MR) is 221 cm³/mol. The predicted octanol–water partition coefficient (Wildman–Crippen LogP) is 8.37. The number of methoxy groups -OCH3 is 2. The Morgan fingerprint density at radius 1 is 0.600 bits per heavy atom. The van der Waals surface area contributed by atoms with Gasteiger partial charge in [-0.1, -0.05) is 24.3 Å². The van der Waals surface area contributed by atoms with Crippen molar-refractivity contribution in [1.82, 2.24) is 5.32 Å². The number of alkyl carbamates (subject to hydrolysis) is 1. The van der Waals surface area contributed by atoms with Gasteiger partial charge in [-0.05, 0) is 98.6 Å². The summed E-state index contributed by atoms with van der Waals surface area (Å²) in [7, 11) is 3.25. The number of nitrogens with one attached hydrogen (secondary N) is 1. The van der Waals surface area contributed by atoms with Gasteiger partial charge in [-0.25, -0.2) is 9.59 Å². The molecule has 0 aliphatic carbocycles. The molecule has 0 radical (unpaired) electrons. The molecule has 0 bridgehead atoms. The van der Waals surface area contributed by atoms with Crippen LogP contribution in [0.15, 0.2) is 103 Å². The SMILES string of the molecule is COc1ccc(COc2ccc3c(c2)Oc2cc(OCc4ccc(OC)cc4)ccc2C32OC(=O)c3ccc(OCCOCCOCCNC(=O)OC(C)(C)C)cc32)cc1. The van der Waals surface area contributed by atoms with Gasteiger partial charge >= 0.3 is 12.1 Å². The zero-order valence-electron chi connectivity index (χ0n) is 34.4. The maximum atomic E-state index is 13.7. The van der Waals surface area contributed by atoms with E-state index in [1.807, 2.05) is 78.9 Å². The number of hydrogen-bond donors (Lipinski definition) is 1. The number of benzene rings is 5. The van der Waals surface area contributed by atoms with Crippen molar-refractivity contribution in [1.29, 1.82) is 0 Å². The van der Waals surface area contributed by atoms with E-state index in [1.165, 1.54) is 0 Å². The van der Waals surface area contributed by atoms with Crippen molar-refractivity contribution in [2.75, 3.05) is 53.8 Å². The number of fused-ring (bicyclic) bond motifs is 6. The Morgan fingerprint density at radius 3 is 1.65 bits per heavy atom. The molecule has 314 valence electrons. The number of esters is 1. The van der Waals surface area contributed by atoms with Crippen molar-refractivity contribution in [2.45, 2.75) is 45.2 Å². The lowest BCUT2D eigenvalue weighted by Gasteiger charge is -2.36. The molecule has 5 aromatic carbocycles. The first-order chi connectivity index (χ1) is 29.0. The number of hydrogen-bond acceptors (Lipinski definition) is 12. The van der Waals surface area contributed by atoms with Crippen molar-refractivity contribution >= 4 is 12.1 Å².